The van der Waals surface area contributed by atoms with Gasteiger partial charge in [-0.2, -0.15) is 0 Å². The van der Waals surface area contributed by atoms with Gasteiger partial charge < -0.3 is 15.3 Å². The van der Waals surface area contributed by atoms with Crippen molar-refractivity contribution in [2.45, 2.75) is 25.2 Å². The standard InChI is InChI=1S/C18H23ClNO3P/c1-14(16-7-9-17(19)10-8-16)20-11-18(21)13-24(22,23)12-15-5-3-2-4-6-15/h2-10,14,18,20-21H,11-13H2,1H3,(H,22,23). The van der Waals surface area contributed by atoms with Gasteiger partial charge in [0.1, 0.15) is 0 Å². The molecule has 0 fully saturated rings. The highest BCUT2D eigenvalue weighted by molar-refractivity contribution is 7.57. The van der Waals surface area contributed by atoms with Crippen molar-refractivity contribution in [3.63, 3.8) is 0 Å². The first kappa shape index (κ1) is 19.2. The van der Waals surface area contributed by atoms with E-state index in [9.17, 15) is 14.6 Å². The Kier molecular flexibility index (Phi) is 7.02. The largest absolute Gasteiger partial charge is 0.391 e. The fraction of sp³-hybridized carbons (Fsp3) is 0.333. The van der Waals surface area contributed by atoms with Gasteiger partial charge in [0.25, 0.3) is 0 Å². The van der Waals surface area contributed by atoms with Gasteiger partial charge in [-0.15, -0.1) is 0 Å². The summed E-state index contributed by atoms with van der Waals surface area (Å²) in [5.74, 6) is 0. The summed E-state index contributed by atoms with van der Waals surface area (Å²) in [5.41, 5.74) is 1.85. The van der Waals surface area contributed by atoms with Crippen LogP contribution in [0.1, 0.15) is 24.1 Å². The van der Waals surface area contributed by atoms with Crippen LogP contribution in [0.15, 0.2) is 54.6 Å². The Morgan fingerprint density at radius 3 is 2.38 bits per heavy atom. The van der Waals surface area contributed by atoms with Crippen molar-refractivity contribution < 1.29 is 14.6 Å². The quantitative estimate of drug-likeness (QED) is 0.620. The summed E-state index contributed by atoms with van der Waals surface area (Å²) in [6.45, 7) is 2.22. The number of halogens is 1. The van der Waals surface area contributed by atoms with Crippen LogP contribution in [0.25, 0.3) is 0 Å². The summed E-state index contributed by atoms with van der Waals surface area (Å²) in [5, 5.41) is 13.9. The molecular weight excluding hydrogens is 345 g/mol. The predicted molar refractivity (Wildman–Crippen MR) is 98.7 cm³/mol. The molecule has 24 heavy (non-hydrogen) atoms. The Balaban J connectivity index is 1.82. The highest BCUT2D eigenvalue weighted by atomic mass is 35.5. The first-order valence-electron chi connectivity index (χ1n) is 7.87. The maximum Gasteiger partial charge on any atom is 0.207 e. The summed E-state index contributed by atoms with van der Waals surface area (Å²) in [4.78, 5) is 10.1. The van der Waals surface area contributed by atoms with Crippen molar-refractivity contribution >= 4 is 19.0 Å². The second-order valence-corrected chi connectivity index (χ2v) is 8.82. The van der Waals surface area contributed by atoms with E-state index in [1.165, 1.54) is 0 Å². The summed E-state index contributed by atoms with van der Waals surface area (Å²) in [6, 6.07) is 16.6. The van der Waals surface area contributed by atoms with E-state index in [4.69, 9.17) is 11.6 Å². The number of hydrogen-bond donors (Lipinski definition) is 3. The monoisotopic (exact) mass is 367 g/mol. The Hall–Kier alpha value is -1.16. The highest BCUT2D eigenvalue weighted by Gasteiger charge is 2.23. The third-order valence-corrected chi connectivity index (χ3v) is 5.90. The zero-order chi connectivity index (χ0) is 17.6. The fourth-order valence-electron chi connectivity index (χ4n) is 2.51. The third-order valence-electron chi connectivity index (χ3n) is 3.80. The molecule has 0 bridgehead atoms. The van der Waals surface area contributed by atoms with Gasteiger partial charge >= 0.3 is 0 Å². The van der Waals surface area contributed by atoms with Gasteiger partial charge in [0.05, 0.1) is 12.3 Å². The first-order chi connectivity index (χ1) is 11.4. The predicted octanol–water partition coefficient (Wildman–Crippen LogP) is 3.82. The molecule has 0 saturated carbocycles. The minimum absolute atomic E-state index is 0.0177. The van der Waals surface area contributed by atoms with E-state index >= 15 is 0 Å². The molecule has 0 saturated heterocycles. The molecule has 0 radical (unpaired) electrons. The van der Waals surface area contributed by atoms with Gasteiger partial charge in [-0.1, -0.05) is 54.1 Å². The molecule has 2 aromatic carbocycles. The number of hydrogen-bond acceptors (Lipinski definition) is 3. The molecule has 2 aromatic rings. The smallest absolute Gasteiger partial charge is 0.207 e. The molecule has 0 heterocycles. The van der Waals surface area contributed by atoms with Gasteiger partial charge in [-0.05, 0) is 30.2 Å². The highest BCUT2D eigenvalue weighted by Crippen LogP contribution is 2.44. The van der Waals surface area contributed by atoms with E-state index in [0.717, 1.165) is 11.1 Å². The van der Waals surface area contributed by atoms with Gasteiger partial charge in [0.15, 0.2) is 0 Å². The van der Waals surface area contributed by atoms with Crippen molar-refractivity contribution in [1.82, 2.24) is 5.32 Å². The average molecular weight is 368 g/mol. The van der Waals surface area contributed by atoms with Gasteiger partial charge in [0.2, 0.25) is 7.37 Å². The summed E-state index contributed by atoms with van der Waals surface area (Å²) >= 11 is 5.86. The molecule has 0 aliphatic carbocycles. The van der Waals surface area contributed by atoms with Crippen LogP contribution in [-0.2, 0) is 10.7 Å². The van der Waals surface area contributed by atoms with Crippen molar-refractivity contribution in [1.29, 1.82) is 0 Å². The molecule has 0 aromatic heterocycles. The minimum atomic E-state index is -3.42. The summed E-state index contributed by atoms with van der Waals surface area (Å²) in [7, 11) is -3.42. The fourth-order valence-corrected chi connectivity index (χ4v) is 4.33. The molecule has 3 unspecified atom stereocenters. The second kappa shape index (κ2) is 8.80. The molecule has 3 atom stereocenters. The van der Waals surface area contributed by atoms with Crippen LogP contribution >= 0.6 is 19.0 Å². The number of aliphatic hydroxyl groups is 1. The molecule has 0 aliphatic heterocycles. The van der Waals surface area contributed by atoms with Gasteiger partial charge in [0, 0.05) is 23.8 Å². The van der Waals surface area contributed by atoms with Crippen LogP contribution < -0.4 is 5.32 Å². The molecular formula is C18H23ClNO3P. The van der Waals surface area contributed by atoms with Crippen LogP contribution in [-0.4, -0.2) is 28.8 Å². The molecule has 0 aliphatic rings. The molecule has 6 heteroatoms. The molecule has 0 spiro atoms. The molecule has 130 valence electrons. The lowest BCUT2D eigenvalue weighted by Gasteiger charge is -2.20. The zero-order valence-corrected chi connectivity index (χ0v) is 15.3. The maximum absolute atomic E-state index is 12.3. The van der Waals surface area contributed by atoms with Gasteiger partial charge in [-0.25, -0.2) is 0 Å². The van der Waals surface area contributed by atoms with Gasteiger partial charge in [-0.3, -0.25) is 4.57 Å². The van der Waals surface area contributed by atoms with Crippen LogP contribution in [0, 0.1) is 0 Å². The minimum Gasteiger partial charge on any atom is -0.391 e. The van der Waals surface area contributed by atoms with Crippen LogP contribution in [0.4, 0.5) is 0 Å². The Bertz CT molecular complexity index is 678. The summed E-state index contributed by atoms with van der Waals surface area (Å²) < 4.78 is 12.3. The van der Waals surface area contributed by atoms with Crippen molar-refractivity contribution in [3.8, 4) is 0 Å². The lowest BCUT2D eigenvalue weighted by atomic mass is 10.1. The molecule has 3 N–H and O–H groups in total. The number of nitrogens with one attached hydrogen (secondary N) is 1. The van der Waals surface area contributed by atoms with E-state index in [2.05, 4.69) is 5.32 Å². The average Bonchev–Trinajstić information content (AvgIpc) is 2.53. The van der Waals surface area contributed by atoms with E-state index in [-0.39, 0.29) is 24.9 Å². The summed E-state index contributed by atoms with van der Waals surface area (Å²) in [6.07, 6.45) is -0.917. The number of aliphatic hydroxyl groups excluding tert-OH is 1. The van der Waals surface area contributed by atoms with E-state index in [1.54, 1.807) is 0 Å². The van der Waals surface area contributed by atoms with E-state index in [0.29, 0.717) is 5.02 Å². The second-order valence-electron chi connectivity index (χ2n) is 6.01. The van der Waals surface area contributed by atoms with E-state index in [1.807, 2.05) is 61.5 Å². The van der Waals surface area contributed by atoms with Crippen molar-refractivity contribution in [2.24, 2.45) is 0 Å². The van der Waals surface area contributed by atoms with Crippen molar-refractivity contribution in [2.75, 3.05) is 12.7 Å². The van der Waals surface area contributed by atoms with E-state index < -0.39 is 13.5 Å². The van der Waals surface area contributed by atoms with Crippen molar-refractivity contribution in [3.05, 3.63) is 70.7 Å². The van der Waals surface area contributed by atoms with Crippen LogP contribution in [0.2, 0.25) is 5.02 Å². The zero-order valence-electron chi connectivity index (χ0n) is 13.6. The Labute approximate surface area is 147 Å². The molecule has 0 amide bonds. The molecule has 2 rings (SSSR count). The molecule has 4 nitrogen and oxygen atoms in total. The van der Waals surface area contributed by atoms with Crippen LogP contribution in [0.5, 0.6) is 0 Å². The number of rotatable bonds is 8. The van der Waals surface area contributed by atoms with Crippen LogP contribution in [0.3, 0.4) is 0 Å². The normalized spacial score (nSPS) is 16.3. The lowest BCUT2D eigenvalue weighted by molar-refractivity contribution is 0.186. The Morgan fingerprint density at radius 2 is 1.75 bits per heavy atom. The first-order valence-corrected chi connectivity index (χ1v) is 10.3. The third kappa shape index (κ3) is 6.39. The topological polar surface area (TPSA) is 69.6 Å². The SMILES string of the molecule is CC(NCC(O)CP(=O)(O)Cc1ccccc1)c1ccc(Cl)cc1. The Morgan fingerprint density at radius 1 is 1.12 bits per heavy atom. The number of benzene rings is 2. The lowest BCUT2D eigenvalue weighted by Crippen LogP contribution is -2.31. The maximum atomic E-state index is 12.3.